The first-order valence-corrected chi connectivity index (χ1v) is 7.31. The molecule has 0 saturated heterocycles. The summed E-state index contributed by atoms with van der Waals surface area (Å²) in [4.78, 5) is 31.6. The molecule has 0 saturated carbocycles. The molecule has 4 N–H and O–H groups in total. The predicted octanol–water partition coefficient (Wildman–Crippen LogP) is 1.13. The summed E-state index contributed by atoms with van der Waals surface area (Å²) in [5.41, 5.74) is 5.24. The number of rotatable bonds is 8. The topological polar surface area (TPSA) is 128 Å². The third-order valence-electron chi connectivity index (χ3n) is 2.36. The zero-order valence-electron chi connectivity index (χ0n) is 13.8. The van der Waals surface area contributed by atoms with Gasteiger partial charge < -0.3 is 25.6 Å². The van der Waals surface area contributed by atoms with Gasteiger partial charge in [0.25, 0.3) is 0 Å². The summed E-state index contributed by atoms with van der Waals surface area (Å²) < 4.78 is 9.44. The maximum Gasteiger partial charge on any atom is 0.404 e. The zero-order chi connectivity index (χ0) is 17.5. The molecule has 130 valence electrons. The smallest absolute Gasteiger partial charge is 0.404 e. The third kappa shape index (κ3) is 14.6. The molecular formula is C14H28N2O6. The molecule has 0 spiro atoms. The lowest BCUT2D eigenvalue weighted by Crippen LogP contribution is -2.31. The van der Waals surface area contributed by atoms with E-state index in [1.807, 2.05) is 6.92 Å². The Morgan fingerprint density at radius 2 is 1.73 bits per heavy atom. The molecule has 0 heterocycles. The van der Waals surface area contributed by atoms with Gasteiger partial charge in [0, 0.05) is 6.54 Å². The molecule has 0 aromatic carbocycles. The molecular weight excluding hydrogens is 292 g/mol. The molecule has 0 bridgehead atoms. The summed E-state index contributed by atoms with van der Waals surface area (Å²) in [6.07, 6.45) is 0.816. The minimum absolute atomic E-state index is 0.0914. The Labute approximate surface area is 131 Å². The van der Waals surface area contributed by atoms with Crippen molar-refractivity contribution in [1.82, 2.24) is 5.32 Å². The summed E-state index contributed by atoms with van der Waals surface area (Å²) in [6, 6.07) is -0.489. The van der Waals surface area contributed by atoms with Crippen LogP contribution in [0.25, 0.3) is 0 Å². The summed E-state index contributed by atoms with van der Waals surface area (Å²) >= 11 is 0. The number of hydrogen-bond acceptors (Lipinski definition) is 6. The molecule has 2 atom stereocenters. The van der Waals surface area contributed by atoms with Crippen LogP contribution in [0.4, 0.5) is 4.79 Å². The molecule has 0 aliphatic carbocycles. The maximum absolute atomic E-state index is 10.9. The normalized spacial score (nSPS) is 12.2. The van der Waals surface area contributed by atoms with Crippen LogP contribution in [0.2, 0.25) is 0 Å². The first-order chi connectivity index (χ1) is 10.3. The van der Waals surface area contributed by atoms with E-state index in [0.717, 1.165) is 12.8 Å². The Morgan fingerprint density at radius 3 is 2.14 bits per heavy atom. The van der Waals surface area contributed by atoms with E-state index in [4.69, 9.17) is 15.6 Å². The lowest BCUT2D eigenvalue weighted by atomic mass is 10.2. The summed E-state index contributed by atoms with van der Waals surface area (Å²) in [6.45, 7) is 7.87. The summed E-state index contributed by atoms with van der Waals surface area (Å²) in [7, 11) is 0. The van der Waals surface area contributed by atoms with Crippen LogP contribution in [-0.4, -0.2) is 48.9 Å². The van der Waals surface area contributed by atoms with Crippen molar-refractivity contribution in [3.05, 3.63) is 0 Å². The molecule has 8 nitrogen and oxygen atoms in total. The quantitative estimate of drug-likeness (QED) is 0.451. The second kappa shape index (κ2) is 14.1. The van der Waals surface area contributed by atoms with Crippen LogP contribution in [0.1, 0.15) is 40.5 Å². The minimum atomic E-state index is -1.13. The minimum Gasteiger partial charge on any atom is -0.466 e. The second-order valence-corrected chi connectivity index (χ2v) is 4.65. The van der Waals surface area contributed by atoms with Crippen molar-refractivity contribution >= 4 is 18.0 Å². The van der Waals surface area contributed by atoms with Gasteiger partial charge in [0.1, 0.15) is 6.04 Å². The highest BCUT2D eigenvalue weighted by Gasteiger charge is 2.13. The van der Waals surface area contributed by atoms with Gasteiger partial charge in [-0.3, -0.25) is 9.59 Å². The number of unbranched alkanes of at least 4 members (excludes halogenated alkanes) is 1. The number of carbonyl (C=O) groups excluding carboxylic acids is 2. The van der Waals surface area contributed by atoms with Crippen LogP contribution >= 0.6 is 0 Å². The Morgan fingerprint density at radius 1 is 1.14 bits per heavy atom. The first-order valence-electron chi connectivity index (χ1n) is 7.31. The number of carboxylic acid groups (broad SMARTS) is 1. The van der Waals surface area contributed by atoms with E-state index in [2.05, 4.69) is 10.1 Å². The zero-order valence-corrected chi connectivity index (χ0v) is 13.8. The van der Waals surface area contributed by atoms with Crippen LogP contribution in [0.15, 0.2) is 0 Å². The van der Waals surface area contributed by atoms with Gasteiger partial charge >= 0.3 is 18.0 Å². The summed E-state index contributed by atoms with van der Waals surface area (Å²) in [5.74, 6) is -1.12. The molecule has 0 aromatic rings. The largest absolute Gasteiger partial charge is 0.466 e. The van der Waals surface area contributed by atoms with Gasteiger partial charge in [0.15, 0.2) is 0 Å². The molecule has 0 aliphatic rings. The van der Waals surface area contributed by atoms with E-state index >= 15 is 0 Å². The highest BCUT2D eigenvalue weighted by molar-refractivity contribution is 5.74. The fourth-order valence-electron chi connectivity index (χ4n) is 1.06. The molecule has 0 rings (SSSR count). The van der Waals surface area contributed by atoms with E-state index < -0.39 is 18.1 Å². The van der Waals surface area contributed by atoms with Crippen molar-refractivity contribution in [3.63, 3.8) is 0 Å². The molecule has 22 heavy (non-hydrogen) atoms. The van der Waals surface area contributed by atoms with Gasteiger partial charge in [-0.2, -0.15) is 0 Å². The van der Waals surface area contributed by atoms with Crippen LogP contribution in [0, 0.1) is 5.92 Å². The van der Waals surface area contributed by atoms with E-state index in [1.165, 1.54) is 0 Å². The number of amides is 1. The van der Waals surface area contributed by atoms with Gasteiger partial charge in [-0.15, -0.1) is 0 Å². The maximum atomic E-state index is 10.9. The van der Waals surface area contributed by atoms with Crippen molar-refractivity contribution < 1.29 is 29.0 Å². The molecule has 1 amide bonds. The van der Waals surface area contributed by atoms with Crippen molar-refractivity contribution in [2.24, 2.45) is 11.7 Å². The fourth-order valence-corrected chi connectivity index (χ4v) is 1.06. The predicted molar refractivity (Wildman–Crippen MR) is 81.3 cm³/mol. The standard InChI is InChI=1S/C7H13NO4.C7H15NO2/c1-3-12-6(9)5(2)4-8-7(10)11;1-3-4-5-10-7(9)6(2)8/h5,8H,3-4H2,1-2H3,(H,10,11);6H,3-5,8H2,1-2H3. The molecule has 8 heteroatoms. The monoisotopic (exact) mass is 320 g/mol. The SMILES string of the molecule is CCCCOC(=O)C(C)N.CCOC(=O)C(C)CNC(=O)O. The average molecular weight is 320 g/mol. The fraction of sp³-hybridized carbons (Fsp3) is 0.786. The summed E-state index contributed by atoms with van der Waals surface area (Å²) in [5, 5.41) is 10.3. The van der Waals surface area contributed by atoms with Gasteiger partial charge in [0.2, 0.25) is 0 Å². The molecule has 2 unspecified atom stereocenters. The highest BCUT2D eigenvalue weighted by Crippen LogP contribution is 1.96. The average Bonchev–Trinajstić information content (AvgIpc) is 2.45. The van der Waals surface area contributed by atoms with E-state index in [1.54, 1.807) is 20.8 Å². The molecule has 0 radical (unpaired) electrons. The van der Waals surface area contributed by atoms with Crippen LogP contribution in [-0.2, 0) is 19.1 Å². The van der Waals surface area contributed by atoms with Crippen LogP contribution < -0.4 is 11.1 Å². The lowest BCUT2D eigenvalue weighted by Gasteiger charge is -2.09. The van der Waals surface area contributed by atoms with Gasteiger partial charge in [0.05, 0.1) is 19.1 Å². The highest BCUT2D eigenvalue weighted by atomic mass is 16.5. The van der Waals surface area contributed by atoms with Gasteiger partial charge in [-0.1, -0.05) is 20.3 Å². The Bertz CT molecular complexity index is 333. The number of ether oxygens (including phenoxy) is 2. The van der Waals surface area contributed by atoms with Gasteiger partial charge in [-0.05, 0) is 20.3 Å². The van der Waals surface area contributed by atoms with Crippen LogP contribution in [0.5, 0.6) is 0 Å². The van der Waals surface area contributed by atoms with Crippen molar-refractivity contribution in [2.45, 2.75) is 46.6 Å². The number of hydrogen-bond donors (Lipinski definition) is 3. The Hall–Kier alpha value is -1.83. The second-order valence-electron chi connectivity index (χ2n) is 4.65. The van der Waals surface area contributed by atoms with E-state index in [-0.39, 0.29) is 18.5 Å². The molecule has 0 aliphatic heterocycles. The van der Waals surface area contributed by atoms with Crippen molar-refractivity contribution in [2.75, 3.05) is 19.8 Å². The number of nitrogens with one attached hydrogen (secondary N) is 1. The van der Waals surface area contributed by atoms with Crippen molar-refractivity contribution in [1.29, 1.82) is 0 Å². The third-order valence-corrected chi connectivity index (χ3v) is 2.36. The number of carbonyl (C=O) groups is 3. The first kappa shape index (κ1) is 22.5. The van der Waals surface area contributed by atoms with Crippen molar-refractivity contribution in [3.8, 4) is 0 Å². The number of nitrogens with two attached hydrogens (primary N) is 1. The molecule has 0 aromatic heterocycles. The Balaban J connectivity index is 0. The molecule has 0 fully saturated rings. The van der Waals surface area contributed by atoms with E-state index in [0.29, 0.717) is 13.2 Å². The lowest BCUT2D eigenvalue weighted by molar-refractivity contribution is -0.147. The number of esters is 2. The van der Waals surface area contributed by atoms with E-state index in [9.17, 15) is 14.4 Å². The van der Waals surface area contributed by atoms with Gasteiger partial charge in [-0.25, -0.2) is 4.79 Å². The van der Waals surface area contributed by atoms with Crippen LogP contribution in [0.3, 0.4) is 0 Å². The Kier molecular flexibility index (Phi) is 14.4.